The average Bonchev–Trinajstić information content (AvgIpc) is 2.58. The molecule has 25 heavy (non-hydrogen) atoms. The lowest BCUT2D eigenvalue weighted by Gasteiger charge is -2.30. The summed E-state index contributed by atoms with van der Waals surface area (Å²) in [6, 6.07) is 12.7. The molecule has 1 atom stereocenters. The van der Waals surface area contributed by atoms with E-state index in [-0.39, 0.29) is 6.54 Å². The number of carbonyl (C=O) groups excluding carboxylic acids is 3. The molecule has 2 aromatic rings. The molecule has 0 aromatic heterocycles. The monoisotopic (exact) mass is 421 g/mol. The van der Waals surface area contributed by atoms with Crippen LogP contribution >= 0.6 is 27.5 Å². The Morgan fingerprint density at radius 2 is 1.76 bits per heavy atom. The molecule has 4 amide bonds. The Hall–Kier alpha value is -2.38. The molecule has 1 fully saturated rings. The molecule has 0 radical (unpaired) electrons. The van der Waals surface area contributed by atoms with Gasteiger partial charge in [-0.15, -0.1) is 0 Å². The van der Waals surface area contributed by atoms with Crippen LogP contribution in [0.1, 0.15) is 0 Å². The zero-order valence-corrected chi connectivity index (χ0v) is 15.2. The lowest BCUT2D eigenvalue weighted by Crippen LogP contribution is -2.58. The molecule has 0 saturated carbocycles. The fraction of sp³-hybridized carbons (Fsp3) is 0.118. The van der Waals surface area contributed by atoms with E-state index >= 15 is 0 Å². The van der Waals surface area contributed by atoms with Gasteiger partial charge in [-0.1, -0.05) is 27.5 Å². The van der Waals surface area contributed by atoms with E-state index in [1.807, 2.05) is 0 Å². The molecular formula is C17H13BrClN3O3. The van der Waals surface area contributed by atoms with E-state index in [0.717, 1.165) is 9.37 Å². The summed E-state index contributed by atoms with van der Waals surface area (Å²) in [5.41, 5.74) is 0.920. The van der Waals surface area contributed by atoms with E-state index in [4.69, 9.17) is 11.6 Å². The van der Waals surface area contributed by atoms with E-state index in [2.05, 4.69) is 26.6 Å². The topological polar surface area (TPSA) is 78.5 Å². The van der Waals surface area contributed by atoms with Gasteiger partial charge in [-0.2, -0.15) is 0 Å². The second-order valence-corrected chi connectivity index (χ2v) is 6.74. The number of urea groups is 1. The van der Waals surface area contributed by atoms with Crippen molar-refractivity contribution in [1.82, 2.24) is 5.32 Å². The van der Waals surface area contributed by atoms with Gasteiger partial charge in [0, 0.05) is 21.7 Å². The highest BCUT2D eigenvalue weighted by Crippen LogP contribution is 2.23. The maximum Gasteiger partial charge on any atom is 0.328 e. The highest BCUT2D eigenvalue weighted by Gasteiger charge is 2.39. The van der Waals surface area contributed by atoms with Gasteiger partial charge in [0.2, 0.25) is 11.8 Å². The van der Waals surface area contributed by atoms with Crippen LogP contribution in [-0.2, 0) is 9.59 Å². The quantitative estimate of drug-likeness (QED) is 0.744. The summed E-state index contributed by atoms with van der Waals surface area (Å²) in [6.45, 7) is -0.0515. The van der Waals surface area contributed by atoms with Crippen molar-refractivity contribution in [1.29, 1.82) is 0 Å². The second-order valence-electron chi connectivity index (χ2n) is 5.38. The highest BCUT2D eigenvalue weighted by atomic mass is 79.9. The summed E-state index contributed by atoms with van der Waals surface area (Å²) in [5.74, 6) is -2.08. The van der Waals surface area contributed by atoms with Crippen LogP contribution < -0.4 is 15.5 Å². The Kier molecular flexibility index (Phi) is 5.06. The van der Waals surface area contributed by atoms with Gasteiger partial charge in [0.1, 0.15) is 5.92 Å². The summed E-state index contributed by atoms with van der Waals surface area (Å²) in [7, 11) is 0. The largest absolute Gasteiger partial charge is 0.336 e. The molecule has 3 rings (SSSR count). The first-order chi connectivity index (χ1) is 12.0. The van der Waals surface area contributed by atoms with Gasteiger partial charge in [-0.25, -0.2) is 9.69 Å². The first-order valence-corrected chi connectivity index (χ1v) is 8.56. The van der Waals surface area contributed by atoms with Crippen LogP contribution in [0.15, 0.2) is 53.0 Å². The molecule has 2 N–H and O–H groups in total. The fourth-order valence-electron chi connectivity index (χ4n) is 2.41. The SMILES string of the molecule is O=C(Nc1ccc(Br)cc1)C1CNC(=O)N(c2ccc(Cl)cc2)C1=O. The number of hydrogen-bond acceptors (Lipinski definition) is 3. The van der Waals surface area contributed by atoms with E-state index in [1.165, 1.54) is 0 Å². The molecule has 2 aromatic carbocycles. The van der Waals surface area contributed by atoms with Crippen molar-refractivity contribution in [3.63, 3.8) is 0 Å². The van der Waals surface area contributed by atoms with Crippen molar-refractivity contribution in [2.24, 2.45) is 5.92 Å². The summed E-state index contributed by atoms with van der Waals surface area (Å²) in [4.78, 5) is 38.2. The summed E-state index contributed by atoms with van der Waals surface area (Å²) in [5, 5.41) is 5.74. The van der Waals surface area contributed by atoms with Gasteiger partial charge in [-0.05, 0) is 48.5 Å². The lowest BCUT2D eigenvalue weighted by atomic mass is 10.0. The van der Waals surface area contributed by atoms with Crippen LogP contribution in [-0.4, -0.2) is 24.4 Å². The van der Waals surface area contributed by atoms with Crippen molar-refractivity contribution >= 4 is 56.8 Å². The molecular weight excluding hydrogens is 410 g/mol. The van der Waals surface area contributed by atoms with Crippen LogP contribution in [0, 0.1) is 5.92 Å². The molecule has 0 bridgehead atoms. The number of nitrogens with one attached hydrogen (secondary N) is 2. The number of benzene rings is 2. The lowest BCUT2D eigenvalue weighted by molar-refractivity contribution is -0.130. The van der Waals surface area contributed by atoms with Gasteiger partial charge >= 0.3 is 6.03 Å². The van der Waals surface area contributed by atoms with Gasteiger partial charge < -0.3 is 10.6 Å². The molecule has 0 aliphatic carbocycles. The van der Waals surface area contributed by atoms with Crippen molar-refractivity contribution < 1.29 is 14.4 Å². The fourth-order valence-corrected chi connectivity index (χ4v) is 2.80. The van der Waals surface area contributed by atoms with Crippen LogP contribution in [0.2, 0.25) is 5.02 Å². The van der Waals surface area contributed by atoms with Crippen molar-refractivity contribution in [3.05, 3.63) is 58.0 Å². The minimum Gasteiger partial charge on any atom is -0.336 e. The molecule has 1 aliphatic heterocycles. The number of halogens is 2. The van der Waals surface area contributed by atoms with Crippen LogP contribution in [0.3, 0.4) is 0 Å². The predicted octanol–water partition coefficient (Wildman–Crippen LogP) is 3.41. The van der Waals surface area contributed by atoms with E-state index in [1.54, 1.807) is 48.5 Å². The number of imide groups is 1. The Bertz CT molecular complexity index is 824. The number of rotatable bonds is 3. The summed E-state index contributed by atoms with van der Waals surface area (Å²) >= 11 is 9.15. The maximum absolute atomic E-state index is 12.7. The summed E-state index contributed by atoms with van der Waals surface area (Å²) in [6.07, 6.45) is 0. The summed E-state index contributed by atoms with van der Waals surface area (Å²) < 4.78 is 0.875. The zero-order valence-electron chi connectivity index (χ0n) is 12.8. The smallest absolute Gasteiger partial charge is 0.328 e. The third-order valence-electron chi connectivity index (χ3n) is 3.69. The van der Waals surface area contributed by atoms with Crippen molar-refractivity contribution in [2.75, 3.05) is 16.8 Å². The average molecular weight is 423 g/mol. The predicted molar refractivity (Wildman–Crippen MR) is 98.6 cm³/mol. The molecule has 6 nitrogen and oxygen atoms in total. The standard InChI is InChI=1S/C17H13BrClN3O3/c18-10-1-5-12(6-2-10)21-15(23)14-9-20-17(25)22(16(14)24)13-7-3-11(19)4-8-13/h1-8,14H,9H2,(H,20,25)(H,21,23). The zero-order chi connectivity index (χ0) is 18.0. The third kappa shape index (κ3) is 3.83. The second kappa shape index (κ2) is 7.25. The number of carbonyl (C=O) groups is 3. The normalized spacial score (nSPS) is 17.2. The van der Waals surface area contributed by atoms with Gasteiger partial charge in [0.05, 0.1) is 5.69 Å². The number of anilines is 2. The maximum atomic E-state index is 12.7. The molecule has 1 unspecified atom stereocenters. The minimum absolute atomic E-state index is 0.0515. The Labute approximate surface area is 157 Å². The highest BCUT2D eigenvalue weighted by molar-refractivity contribution is 9.10. The van der Waals surface area contributed by atoms with E-state index in [9.17, 15) is 14.4 Å². The van der Waals surface area contributed by atoms with Gasteiger partial charge in [0.15, 0.2) is 0 Å². The first kappa shape index (κ1) is 17.4. The molecule has 128 valence electrons. The van der Waals surface area contributed by atoms with Gasteiger partial charge in [-0.3, -0.25) is 9.59 Å². The van der Waals surface area contributed by atoms with E-state index in [0.29, 0.717) is 16.4 Å². The van der Waals surface area contributed by atoms with E-state index < -0.39 is 23.8 Å². The molecule has 0 spiro atoms. The number of amides is 4. The molecule has 8 heteroatoms. The molecule has 1 aliphatic rings. The number of hydrogen-bond donors (Lipinski definition) is 2. The Morgan fingerprint density at radius 1 is 1.12 bits per heavy atom. The molecule has 1 saturated heterocycles. The minimum atomic E-state index is -1.02. The van der Waals surface area contributed by atoms with Crippen LogP contribution in [0.25, 0.3) is 0 Å². The van der Waals surface area contributed by atoms with Crippen LogP contribution in [0.4, 0.5) is 16.2 Å². The van der Waals surface area contributed by atoms with Crippen LogP contribution in [0.5, 0.6) is 0 Å². The van der Waals surface area contributed by atoms with Crippen molar-refractivity contribution in [2.45, 2.75) is 0 Å². The number of nitrogens with zero attached hydrogens (tertiary/aromatic N) is 1. The third-order valence-corrected chi connectivity index (χ3v) is 4.47. The molecule has 1 heterocycles. The Morgan fingerprint density at radius 3 is 2.40 bits per heavy atom. The van der Waals surface area contributed by atoms with Gasteiger partial charge in [0.25, 0.3) is 0 Å². The van der Waals surface area contributed by atoms with Crippen molar-refractivity contribution in [3.8, 4) is 0 Å². The Balaban J connectivity index is 1.79. The first-order valence-electron chi connectivity index (χ1n) is 7.39.